The Kier molecular flexibility index (Phi) is 6.02. The zero-order valence-corrected chi connectivity index (χ0v) is 14.3. The van der Waals surface area contributed by atoms with Crippen molar-refractivity contribution >= 4 is 6.09 Å². The van der Waals surface area contributed by atoms with Gasteiger partial charge in [0.2, 0.25) is 0 Å². The van der Waals surface area contributed by atoms with Crippen LogP contribution in [0.15, 0.2) is 30.3 Å². The number of carbonyl (C=O) groups excluding carboxylic acids is 1. The van der Waals surface area contributed by atoms with Crippen LogP contribution in [-0.2, 0) is 11.3 Å². The summed E-state index contributed by atoms with van der Waals surface area (Å²) in [5.74, 6) is 0.0278. The van der Waals surface area contributed by atoms with E-state index in [9.17, 15) is 9.90 Å². The number of hydrogen-bond donors (Lipinski definition) is 2. The third-order valence-electron chi connectivity index (χ3n) is 3.93. The molecule has 1 aliphatic rings. The van der Waals surface area contributed by atoms with E-state index in [4.69, 9.17) is 4.74 Å². The quantitative estimate of drug-likeness (QED) is 0.894. The summed E-state index contributed by atoms with van der Waals surface area (Å²) in [5.41, 5.74) is 0.761. The minimum atomic E-state index is -0.505. The summed E-state index contributed by atoms with van der Waals surface area (Å²) in [7, 11) is 0. The molecule has 0 spiro atoms. The molecule has 1 fully saturated rings. The number of nitrogens with zero attached hydrogens (tertiary/aromatic N) is 1. The van der Waals surface area contributed by atoms with E-state index in [1.807, 2.05) is 39.0 Å². The zero-order chi connectivity index (χ0) is 16.9. The van der Waals surface area contributed by atoms with Crippen molar-refractivity contribution in [2.75, 3.05) is 19.6 Å². The maximum absolute atomic E-state index is 11.8. The van der Waals surface area contributed by atoms with Gasteiger partial charge in [0, 0.05) is 32.1 Å². The van der Waals surface area contributed by atoms with E-state index >= 15 is 0 Å². The molecular formula is C18H28N2O3. The van der Waals surface area contributed by atoms with Gasteiger partial charge in [0.1, 0.15) is 5.60 Å². The second-order valence-electron chi connectivity index (χ2n) is 7.22. The first kappa shape index (κ1) is 17.8. The summed E-state index contributed by atoms with van der Waals surface area (Å²) in [6, 6.07) is 10.3. The number of piperidine rings is 1. The second kappa shape index (κ2) is 7.79. The van der Waals surface area contributed by atoms with Crippen LogP contribution >= 0.6 is 0 Å². The molecule has 0 radical (unpaired) electrons. The fraction of sp³-hybridized carbons (Fsp3) is 0.611. The van der Waals surface area contributed by atoms with E-state index in [1.165, 1.54) is 5.56 Å². The van der Waals surface area contributed by atoms with E-state index < -0.39 is 11.7 Å². The van der Waals surface area contributed by atoms with Gasteiger partial charge in [0.15, 0.2) is 0 Å². The van der Waals surface area contributed by atoms with Crippen molar-refractivity contribution in [1.29, 1.82) is 0 Å². The summed E-state index contributed by atoms with van der Waals surface area (Å²) in [5, 5.41) is 13.0. The highest BCUT2D eigenvalue weighted by molar-refractivity contribution is 5.67. The van der Waals surface area contributed by atoms with Crippen LogP contribution in [0.25, 0.3) is 0 Å². The lowest BCUT2D eigenvalue weighted by molar-refractivity contribution is 0.0189. The molecule has 128 valence electrons. The molecule has 2 rings (SSSR count). The molecule has 0 aliphatic carbocycles. The number of hydrogen-bond acceptors (Lipinski definition) is 4. The van der Waals surface area contributed by atoms with Crippen molar-refractivity contribution in [3.63, 3.8) is 0 Å². The molecule has 1 heterocycles. The number of rotatable bonds is 4. The van der Waals surface area contributed by atoms with E-state index in [1.54, 1.807) is 0 Å². The van der Waals surface area contributed by atoms with Gasteiger partial charge >= 0.3 is 6.09 Å². The zero-order valence-electron chi connectivity index (χ0n) is 14.3. The molecule has 5 heteroatoms. The van der Waals surface area contributed by atoms with E-state index in [-0.39, 0.29) is 12.0 Å². The summed E-state index contributed by atoms with van der Waals surface area (Å²) in [6.07, 6.45) is -0.0742. The summed E-state index contributed by atoms with van der Waals surface area (Å²) in [4.78, 5) is 14.1. The number of nitrogens with one attached hydrogen (secondary N) is 1. The topological polar surface area (TPSA) is 61.8 Å². The smallest absolute Gasteiger partial charge is 0.407 e. The first-order chi connectivity index (χ1) is 10.8. The van der Waals surface area contributed by atoms with Crippen LogP contribution in [0.4, 0.5) is 4.79 Å². The van der Waals surface area contributed by atoms with Gasteiger partial charge < -0.3 is 15.2 Å². The monoisotopic (exact) mass is 320 g/mol. The number of aliphatic hydroxyl groups excluding tert-OH is 1. The Morgan fingerprint density at radius 1 is 1.35 bits per heavy atom. The van der Waals surface area contributed by atoms with E-state index in [0.29, 0.717) is 6.54 Å². The molecule has 1 saturated heterocycles. The largest absolute Gasteiger partial charge is 0.444 e. The number of carbonyl (C=O) groups is 1. The lowest BCUT2D eigenvalue weighted by Crippen LogP contribution is -2.48. The van der Waals surface area contributed by atoms with Gasteiger partial charge in [-0.2, -0.15) is 0 Å². The fourth-order valence-electron chi connectivity index (χ4n) is 2.81. The minimum absolute atomic E-state index is 0.0278. The molecule has 1 aliphatic heterocycles. The Balaban J connectivity index is 1.82. The number of aliphatic hydroxyl groups is 1. The van der Waals surface area contributed by atoms with Crippen LogP contribution < -0.4 is 5.32 Å². The Labute approximate surface area is 138 Å². The van der Waals surface area contributed by atoms with Crippen LogP contribution in [0.2, 0.25) is 0 Å². The Hall–Kier alpha value is -1.59. The summed E-state index contributed by atoms with van der Waals surface area (Å²) >= 11 is 0. The highest BCUT2D eigenvalue weighted by Gasteiger charge is 2.28. The lowest BCUT2D eigenvalue weighted by atomic mass is 9.94. The summed E-state index contributed by atoms with van der Waals surface area (Å²) in [6.45, 7) is 8.46. The second-order valence-corrected chi connectivity index (χ2v) is 7.22. The SMILES string of the molecule is CC(C)(C)OC(=O)NC[C@H]1CN(Cc2ccccc2)CC[C@H]1O. The molecule has 0 unspecified atom stereocenters. The number of benzene rings is 1. The van der Waals surface area contributed by atoms with Gasteiger partial charge in [0.05, 0.1) is 6.10 Å². The van der Waals surface area contributed by atoms with Crippen LogP contribution in [0.1, 0.15) is 32.8 Å². The third kappa shape index (κ3) is 6.20. The first-order valence-corrected chi connectivity index (χ1v) is 8.25. The number of amides is 1. The predicted molar refractivity (Wildman–Crippen MR) is 90.1 cm³/mol. The number of alkyl carbamates (subject to hydrolysis) is 1. The molecule has 23 heavy (non-hydrogen) atoms. The first-order valence-electron chi connectivity index (χ1n) is 8.25. The number of ether oxygens (including phenoxy) is 1. The average molecular weight is 320 g/mol. The Morgan fingerprint density at radius 2 is 2.04 bits per heavy atom. The van der Waals surface area contributed by atoms with Crippen LogP contribution in [0.5, 0.6) is 0 Å². The highest BCUT2D eigenvalue weighted by atomic mass is 16.6. The molecule has 1 aromatic rings. The molecule has 5 nitrogen and oxygen atoms in total. The maximum atomic E-state index is 11.8. The third-order valence-corrected chi connectivity index (χ3v) is 3.93. The predicted octanol–water partition coefficient (Wildman–Crippen LogP) is 2.39. The molecular weight excluding hydrogens is 292 g/mol. The standard InChI is InChI=1S/C18H28N2O3/c1-18(2,3)23-17(22)19-11-15-13-20(10-9-16(15)21)12-14-7-5-4-6-8-14/h4-8,15-16,21H,9-13H2,1-3H3,(H,19,22)/t15-,16+/m0/s1. The van der Waals surface area contributed by atoms with Gasteiger partial charge in [-0.05, 0) is 32.8 Å². The highest BCUT2D eigenvalue weighted by Crippen LogP contribution is 2.19. The van der Waals surface area contributed by atoms with Crippen LogP contribution in [0.3, 0.4) is 0 Å². The van der Waals surface area contributed by atoms with Gasteiger partial charge in [-0.25, -0.2) is 4.79 Å². The Bertz CT molecular complexity index is 499. The maximum Gasteiger partial charge on any atom is 0.407 e. The van der Waals surface area contributed by atoms with Crippen molar-refractivity contribution in [2.24, 2.45) is 5.92 Å². The van der Waals surface area contributed by atoms with E-state index in [2.05, 4.69) is 22.3 Å². The molecule has 0 saturated carbocycles. The molecule has 0 bridgehead atoms. The van der Waals surface area contributed by atoms with Gasteiger partial charge in [0.25, 0.3) is 0 Å². The summed E-state index contributed by atoms with van der Waals surface area (Å²) < 4.78 is 5.24. The molecule has 1 amide bonds. The van der Waals surface area contributed by atoms with Crippen molar-refractivity contribution in [3.05, 3.63) is 35.9 Å². The molecule has 1 aromatic carbocycles. The minimum Gasteiger partial charge on any atom is -0.444 e. The Morgan fingerprint density at radius 3 is 2.70 bits per heavy atom. The average Bonchev–Trinajstić information content (AvgIpc) is 2.47. The molecule has 2 N–H and O–H groups in total. The van der Waals surface area contributed by atoms with Gasteiger partial charge in [-0.3, -0.25) is 4.90 Å². The van der Waals surface area contributed by atoms with E-state index in [0.717, 1.165) is 26.1 Å². The number of likely N-dealkylation sites (tertiary alicyclic amines) is 1. The van der Waals surface area contributed by atoms with Crippen molar-refractivity contribution in [1.82, 2.24) is 10.2 Å². The molecule has 0 aromatic heterocycles. The van der Waals surface area contributed by atoms with Crippen molar-refractivity contribution in [3.8, 4) is 0 Å². The van der Waals surface area contributed by atoms with Crippen molar-refractivity contribution in [2.45, 2.75) is 45.4 Å². The lowest BCUT2D eigenvalue weighted by Gasteiger charge is -2.36. The van der Waals surface area contributed by atoms with Gasteiger partial charge in [-0.15, -0.1) is 0 Å². The van der Waals surface area contributed by atoms with Crippen molar-refractivity contribution < 1.29 is 14.6 Å². The van der Waals surface area contributed by atoms with Crippen LogP contribution in [0, 0.1) is 5.92 Å². The van der Waals surface area contributed by atoms with Gasteiger partial charge in [-0.1, -0.05) is 30.3 Å². The van der Waals surface area contributed by atoms with Crippen LogP contribution in [-0.4, -0.2) is 47.4 Å². The normalized spacial score (nSPS) is 22.6. The fourth-order valence-corrected chi connectivity index (χ4v) is 2.81. The molecule has 2 atom stereocenters.